The Morgan fingerprint density at radius 2 is 1.71 bits per heavy atom. The Balaban J connectivity index is 1.92. The number of amides is 2. The number of para-hydroxylation sites is 1. The Labute approximate surface area is 119 Å². The van der Waals surface area contributed by atoms with E-state index >= 15 is 0 Å². The summed E-state index contributed by atoms with van der Waals surface area (Å²) in [6, 6.07) is 13.1. The highest BCUT2D eigenvalue weighted by molar-refractivity contribution is 5.89. The van der Waals surface area contributed by atoms with Crippen molar-refractivity contribution in [2.45, 2.75) is 12.7 Å². The molecule has 110 valence electrons. The van der Waals surface area contributed by atoms with Gasteiger partial charge in [-0.1, -0.05) is 30.3 Å². The maximum absolute atomic E-state index is 12.6. The molecule has 21 heavy (non-hydrogen) atoms. The van der Waals surface area contributed by atoms with E-state index in [1.807, 2.05) is 6.07 Å². The molecule has 0 aliphatic rings. The van der Waals surface area contributed by atoms with E-state index in [1.54, 1.807) is 24.3 Å². The third-order valence-electron chi connectivity index (χ3n) is 2.74. The van der Waals surface area contributed by atoms with E-state index in [2.05, 4.69) is 10.6 Å². The Kier molecular flexibility index (Phi) is 4.47. The molecular formula is C15H13F3N2O. The average Bonchev–Trinajstić information content (AvgIpc) is 2.46. The molecule has 2 N–H and O–H groups in total. The van der Waals surface area contributed by atoms with Crippen molar-refractivity contribution in [3.05, 3.63) is 65.7 Å². The number of anilines is 1. The van der Waals surface area contributed by atoms with Gasteiger partial charge < -0.3 is 10.6 Å². The molecule has 0 aliphatic carbocycles. The standard InChI is InChI=1S/C15H13F3N2O/c16-15(17,18)12-6-4-5-11(9-12)10-19-14(21)20-13-7-2-1-3-8-13/h1-9H,10H2,(H2,19,20,21). The van der Waals surface area contributed by atoms with E-state index in [9.17, 15) is 18.0 Å². The second-order valence-electron chi connectivity index (χ2n) is 4.37. The lowest BCUT2D eigenvalue weighted by Gasteiger charge is -2.10. The van der Waals surface area contributed by atoms with Crippen LogP contribution in [0.4, 0.5) is 23.7 Å². The fraction of sp³-hybridized carbons (Fsp3) is 0.133. The second-order valence-corrected chi connectivity index (χ2v) is 4.37. The molecule has 0 aliphatic heterocycles. The fourth-order valence-electron chi connectivity index (χ4n) is 1.74. The average molecular weight is 294 g/mol. The van der Waals surface area contributed by atoms with Gasteiger partial charge in [-0.2, -0.15) is 13.2 Å². The molecule has 0 saturated carbocycles. The lowest BCUT2D eigenvalue weighted by molar-refractivity contribution is -0.137. The highest BCUT2D eigenvalue weighted by Crippen LogP contribution is 2.29. The summed E-state index contributed by atoms with van der Waals surface area (Å²) in [5, 5.41) is 5.09. The molecule has 0 atom stereocenters. The minimum absolute atomic E-state index is 0.0165. The Morgan fingerprint density at radius 1 is 1.00 bits per heavy atom. The fourth-order valence-corrected chi connectivity index (χ4v) is 1.74. The number of alkyl halides is 3. The molecule has 0 aromatic heterocycles. The Bertz CT molecular complexity index is 612. The molecule has 0 heterocycles. The van der Waals surface area contributed by atoms with Crippen LogP contribution in [0.1, 0.15) is 11.1 Å². The summed E-state index contributed by atoms with van der Waals surface area (Å²) in [6.45, 7) is 0.0165. The zero-order valence-electron chi connectivity index (χ0n) is 10.9. The molecule has 2 amide bonds. The molecule has 0 radical (unpaired) electrons. The maximum Gasteiger partial charge on any atom is 0.416 e. The predicted octanol–water partition coefficient (Wildman–Crippen LogP) is 4.03. The van der Waals surface area contributed by atoms with Crippen LogP contribution in [0.3, 0.4) is 0 Å². The maximum atomic E-state index is 12.6. The first-order valence-electron chi connectivity index (χ1n) is 6.21. The van der Waals surface area contributed by atoms with Gasteiger partial charge in [0.1, 0.15) is 0 Å². The van der Waals surface area contributed by atoms with Crippen molar-refractivity contribution in [3.63, 3.8) is 0 Å². The van der Waals surface area contributed by atoms with E-state index < -0.39 is 17.8 Å². The van der Waals surface area contributed by atoms with Crippen LogP contribution in [0.25, 0.3) is 0 Å². The van der Waals surface area contributed by atoms with E-state index in [4.69, 9.17) is 0 Å². The van der Waals surface area contributed by atoms with Crippen LogP contribution in [0, 0.1) is 0 Å². The summed E-state index contributed by atoms with van der Waals surface area (Å²) in [4.78, 5) is 11.6. The molecule has 2 rings (SSSR count). The molecule has 6 heteroatoms. The zero-order valence-corrected chi connectivity index (χ0v) is 10.9. The number of rotatable bonds is 3. The van der Waals surface area contributed by atoms with Gasteiger partial charge in [0.05, 0.1) is 5.56 Å². The largest absolute Gasteiger partial charge is 0.416 e. The first-order chi connectivity index (χ1) is 9.95. The molecule has 0 saturated heterocycles. The third kappa shape index (κ3) is 4.52. The molecule has 0 bridgehead atoms. The molecule has 0 spiro atoms. The summed E-state index contributed by atoms with van der Waals surface area (Å²) in [5.74, 6) is 0. The molecular weight excluding hydrogens is 281 g/mol. The highest BCUT2D eigenvalue weighted by atomic mass is 19.4. The first-order valence-corrected chi connectivity index (χ1v) is 6.21. The number of urea groups is 1. The van der Waals surface area contributed by atoms with E-state index in [-0.39, 0.29) is 6.54 Å². The van der Waals surface area contributed by atoms with Gasteiger partial charge in [-0.25, -0.2) is 4.79 Å². The number of hydrogen-bond acceptors (Lipinski definition) is 1. The molecule has 0 unspecified atom stereocenters. The van der Waals surface area contributed by atoms with Crippen LogP contribution in [0.15, 0.2) is 54.6 Å². The number of benzene rings is 2. The number of carbonyl (C=O) groups excluding carboxylic acids is 1. The van der Waals surface area contributed by atoms with Crippen LogP contribution in [-0.2, 0) is 12.7 Å². The SMILES string of the molecule is O=C(NCc1cccc(C(F)(F)F)c1)Nc1ccccc1. The van der Waals surface area contributed by atoms with Crippen molar-refractivity contribution in [3.8, 4) is 0 Å². The molecule has 0 fully saturated rings. The van der Waals surface area contributed by atoms with Crippen molar-refractivity contribution >= 4 is 11.7 Å². The van der Waals surface area contributed by atoms with E-state index in [0.717, 1.165) is 12.1 Å². The van der Waals surface area contributed by atoms with Crippen molar-refractivity contribution in [1.29, 1.82) is 0 Å². The van der Waals surface area contributed by atoms with Crippen LogP contribution in [0.5, 0.6) is 0 Å². The zero-order chi connectivity index (χ0) is 15.3. The van der Waals surface area contributed by atoms with Crippen LogP contribution >= 0.6 is 0 Å². The topological polar surface area (TPSA) is 41.1 Å². The lowest BCUT2D eigenvalue weighted by atomic mass is 10.1. The van der Waals surface area contributed by atoms with Gasteiger partial charge in [-0.3, -0.25) is 0 Å². The van der Waals surface area contributed by atoms with Crippen molar-refractivity contribution < 1.29 is 18.0 Å². The van der Waals surface area contributed by atoms with Crippen LogP contribution < -0.4 is 10.6 Å². The highest BCUT2D eigenvalue weighted by Gasteiger charge is 2.30. The minimum atomic E-state index is -4.39. The lowest BCUT2D eigenvalue weighted by Crippen LogP contribution is -2.28. The van der Waals surface area contributed by atoms with Gasteiger partial charge in [0.2, 0.25) is 0 Å². The Morgan fingerprint density at radius 3 is 2.38 bits per heavy atom. The summed E-state index contributed by atoms with van der Waals surface area (Å²) < 4.78 is 37.7. The summed E-state index contributed by atoms with van der Waals surface area (Å²) in [7, 11) is 0. The number of hydrogen-bond donors (Lipinski definition) is 2. The monoisotopic (exact) mass is 294 g/mol. The van der Waals surface area contributed by atoms with Gasteiger partial charge in [-0.15, -0.1) is 0 Å². The first kappa shape index (κ1) is 14.9. The predicted molar refractivity (Wildman–Crippen MR) is 73.7 cm³/mol. The number of halogens is 3. The molecule has 2 aromatic rings. The van der Waals surface area contributed by atoms with Crippen LogP contribution in [-0.4, -0.2) is 6.03 Å². The van der Waals surface area contributed by atoms with Gasteiger partial charge in [0, 0.05) is 12.2 Å². The van der Waals surface area contributed by atoms with Crippen molar-refractivity contribution in [2.75, 3.05) is 5.32 Å². The second kappa shape index (κ2) is 6.30. The summed E-state index contributed by atoms with van der Waals surface area (Å²) >= 11 is 0. The summed E-state index contributed by atoms with van der Waals surface area (Å²) in [6.07, 6.45) is -4.39. The van der Waals surface area contributed by atoms with E-state index in [0.29, 0.717) is 11.3 Å². The smallest absolute Gasteiger partial charge is 0.334 e. The van der Waals surface area contributed by atoms with Gasteiger partial charge in [0.15, 0.2) is 0 Å². The van der Waals surface area contributed by atoms with Gasteiger partial charge in [0.25, 0.3) is 0 Å². The normalized spacial score (nSPS) is 11.0. The Hall–Kier alpha value is -2.50. The molecule has 3 nitrogen and oxygen atoms in total. The van der Waals surface area contributed by atoms with Crippen molar-refractivity contribution in [2.24, 2.45) is 0 Å². The summed E-state index contributed by atoms with van der Waals surface area (Å²) in [5.41, 5.74) is 0.261. The number of nitrogens with one attached hydrogen (secondary N) is 2. The minimum Gasteiger partial charge on any atom is -0.334 e. The third-order valence-corrected chi connectivity index (χ3v) is 2.74. The van der Waals surface area contributed by atoms with E-state index in [1.165, 1.54) is 12.1 Å². The van der Waals surface area contributed by atoms with Gasteiger partial charge in [-0.05, 0) is 29.8 Å². The van der Waals surface area contributed by atoms with Gasteiger partial charge >= 0.3 is 12.2 Å². The number of carbonyl (C=O) groups is 1. The van der Waals surface area contributed by atoms with Crippen LogP contribution in [0.2, 0.25) is 0 Å². The molecule has 2 aromatic carbocycles. The quantitative estimate of drug-likeness (QED) is 0.881. The van der Waals surface area contributed by atoms with Crippen molar-refractivity contribution in [1.82, 2.24) is 5.32 Å².